The number of nitrogens with zero attached hydrogens (tertiary/aromatic N) is 2. The quantitative estimate of drug-likeness (QED) is 0.574. The van der Waals surface area contributed by atoms with Crippen molar-refractivity contribution < 1.29 is 22.7 Å². The van der Waals surface area contributed by atoms with Gasteiger partial charge in [-0.05, 0) is 41.5 Å². The second kappa shape index (κ2) is 10.1. The number of carbonyl (C=O) groups excluding carboxylic acids is 1. The number of amides is 1. The number of hydrogen-bond donors (Lipinski definition) is 1. The molecule has 0 spiro atoms. The van der Waals surface area contributed by atoms with E-state index in [1.807, 2.05) is 42.5 Å². The average molecular weight is 468 g/mol. The Morgan fingerprint density at radius 3 is 2.36 bits per heavy atom. The number of morpholine rings is 1. The van der Waals surface area contributed by atoms with Gasteiger partial charge >= 0.3 is 0 Å². The van der Waals surface area contributed by atoms with E-state index in [2.05, 4.69) is 10.3 Å². The maximum atomic E-state index is 13.4. The number of methoxy groups -OCH3 is 1. The first-order chi connectivity index (χ1) is 16.0. The van der Waals surface area contributed by atoms with E-state index in [-0.39, 0.29) is 29.3 Å². The fraction of sp³-hybridized carbons (Fsp3) is 0.250. The third-order valence-corrected chi connectivity index (χ3v) is 7.37. The molecule has 2 heterocycles. The molecule has 0 aliphatic carbocycles. The van der Waals surface area contributed by atoms with Crippen molar-refractivity contribution in [1.82, 2.24) is 14.6 Å². The maximum Gasteiger partial charge on any atom is 0.255 e. The molecule has 172 valence electrons. The van der Waals surface area contributed by atoms with E-state index in [0.29, 0.717) is 13.2 Å². The van der Waals surface area contributed by atoms with Crippen molar-refractivity contribution in [1.29, 1.82) is 0 Å². The first kappa shape index (κ1) is 22.9. The molecule has 4 rings (SSSR count). The predicted octanol–water partition coefficient (Wildman–Crippen LogP) is 2.63. The van der Waals surface area contributed by atoms with Gasteiger partial charge in [-0.15, -0.1) is 0 Å². The number of carbonyl (C=O) groups is 1. The number of rotatable bonds is 7. The van der Waals surface area contributed by atoms with Crippen LogP contribution in [0.2, 0.25) is 0 Å². The topological polar surface area (TPSA) is 97.8 Å². The van der Waals surface area contributed by atoms with Gasteiger partial charge in [0, 0.05) is 25.5 Å². The lowest BCUT2D eigenvalue weighted by atomic mass is 9.99. The monoisotopic (exact) mass is 467 g/mol. The van der Waals surface area contributed by atoms with E-state index in [0.717, 1.165) is 11.1 Å². The van der Waals surface area contributed by atoms with Crippen LogP contribution in [-0.4, -0.2) is 57.0 Å². The number of nitrogens with one attached hydrogen (secondary N) is 1. The zero-order chi connectivity index (χ0) is 23.3. The largest absolute Gasteiger partial charge is 0.496 e. The average Bonchev–Trinajstić information content (AvgIpc) is 2.88. The van der Waals surface area contributed by atoms with E-state index in [9.17, 15) is 13.2 Å². The Balaban J connectivity index is 1.68. The van der Waals surface area contributed by atoms with E-state index in [1.54, 1.807) is 12.4 Å². The van der Waals surface area contributed by atoms with Crippen molar-refractivity contribution >= 4 is 15.9 Å². The van der Waals surface area contributed by atoms with Crippen LogP contribution >= 0.6 is 0 Å². The summed E-state index contributed by atoms with van der Waals surface area (Å²) in [5.74, 6) is -0.161. The highest BCUT2D eigenvalue weighted by molar-refractivity contribution is 7.89. The molecule has 0 radical (unpaired) electrons. The van der Waals surface area contributed by atoms with Gasteiger partial charge < -0.3 is 14.8 Å². The highest BCUT2D eigenvalue weighted by Gasteiger charge is 2.28. The summed E-state index contributed by atoms with van der Waals surface area (Å²) in [7, 11) is -2.32. The molecule has 1 fully saturated rings. The molecule has 1 amide bonds. The van der Waals surface area contributed by atoms with E-state index in [1.165, 1.54) is 29.6 Å². The van der Waals surface area contributed by atoms with Gasteiger partial charge in [0.1, 0.15) is 5.75 Å². The van der Waals surface area contributed by atoms with Crippen molar-refractivity contribution in [3.8, 4) is 5.75 Å². The second-order valence-corrected chi connectivity index (χ2v) is 9.41. The molecule has 8 nitrogen and oxygen atoms in total. The van der Waals surface area contributed by atoms with E-state index < -0.39 is 22.0 Å². The summed E-state index contributed by atoms with van der Waals surface area (Å²) in [5.41, 5.74) is 1.87. The molecule has 1 aliphatic heterocycles. The highest BCUT2D eigenvalue weighted by Crippen LogP contribution is 2.27. The lowest BCUT2D eigenvalue weighted by molar-refractivity contribution is 0.0730. The van der Waals surface area contributed by atoms with Crippen molar-refractivity contribution in [3.05, 3.63) is 89.7 Å². The molecule has 2 aromatic carbocycles. The van der Waals surface area contributed by atoms with Crippen molar-refractivity contribution in [2.45, 2.75) is 10.9 Å². The Hall–Kier alpha value is -3.27. The third kappa shape index (κ3) is 5.05. The maximum absolute atomic E-state index is 13.4. The molecule has 33 heavy (non-hydrogen) atoms. The molecule has 3 aromatic rings. The van der Waals surface area contributed by atoms with Crippen LogP contribution in [0.5, 0.6) is 5.75 Å². The summed E-state index contributed by atoms with van der Waals surface area (Å²) < 4.78 is 38.2. The second-order valence-electron chi connectivity index (χ2n) is 7.48. The van der Waals surface area contributed by atoms with Crippen molar-refractivity contribution in [2.24, 2.45) is 0 Å². The molecule has 1 unspecified atom stereocenters. The van der Waals surface area contributed by atoms with Crippen molar-refractivity contribution in [2.75, 3.05) is 33.4 Å². The molecular weight excluding hydrogens is 442 g/mol. The Morgan fingerprint density at radius 1 is 1.03 bits per heavy atom. The van der Waals surface area contributed by atoms with Gasteiger partial charge in [0.05, 0.1) is 36.8 Å². The lowest BCUT2D eigenvalue weighted by Crippen LogP contribution is -2.40. The third-order valence-electron chi connectivity index (χ3n) is 5.47. The number of ether oxygens (including phenoxy) is 2. The smallest absolute Gasteiger partial charge is 0.255 e. The van der Waals surface area contributed by atoms with Crippen LogP contribution in [0.25, 0.3) is 0 Å². The Morgan fingerprint density at radius 2 is 1.70 bits per heavy atom. The SMILES string of the molecule is COc1ccc(S(=O)(=O)N2CCOCC2)cc1C(=O)NC(c1ccccc1)c1ccncc1. The normalized spacial score (nSPS) is 15.5. The van der Waals surface area contributed by atoms with Gasteiger partial charge in [-0.3, -0.25) is 9.78 Å². The minimum absolute atomic E-state index is 0.0375. The van der Waals surface area contributed by atoms with Crippen molar-refractivity contribution in [3.63, 3.8) is 0 Å². The summed E-state index contributed by atoms with van der Waals surface area (Å²) in [6.45, 7) is 1.23. The van der Waals surface area contributed by atoms with Crippen LogP contribution in [0.15, 0.2) is 78.0 Å². The summed E-state index contributed by atoms with van der Waals surface area (Å²) >= 11 is 0. The summed E-state index contributed by atoms with van der Waals surface area (Å²) in [4.78, 5) is 17.5. The minimum atomic E-state index is -3.77. The minimum Gasteiger partial charge on any atom is -0.496 e. The Labute approximate surface area is 193 Å². The highest BCUT2D eigenvalue weighted by atomic mass is 32.2. The summed E-state index contributed by atoms with van der Waals surface area (Å²) in [6.07, 6.45) is 3.32. The summed E-state index contributed by atoms with van der Waals surface area (Å²) in [5, 5.41) is 3.02. The molecule has 1 aliphatic rings. The molecule has 0 saturated carbocycles. The zero-order valence-electron chi connectivity index (χ0n) is 18.2. The molecule has 1 atom stereocenters. The van der Waals surface area contributed by atoms with Crippen LogP contribution in [-0.2, 0) is 14.8 Å². The molecular formula is C24H25N3O5S. The molecule has 1 aromatic heterocycles. The fourth-order valence-electron chi connectivity index (χ4n) is 3.73. The van der Waals surface area contributed by atoms with E-state index in [4.69, 9.17) is 9.47 Å². The standard InChI is InChI=1S/C24H25N3O5S/c1-31-22-8-7-20(33(29,30)27-13-15-32-16-14-27)17-21(22)24(28)26-23(18-5-3-2-4-6-18)19-9-11-25-12-10-19/h2-12,17,23H,13-16H2,1H3,(H,26,28). The lowest BCUT2D eigenvalue weighted by Gasteiger charge is -2.26. The van der Waals surface area contributed by atoms with Crippen LogP contribution in [0.4, 0.5) is 0 Å². The predicted molar refractivity (Wildman–Crippen MR) is 123 cm³/mol. The van der Waals surface area contributed by atoms with Gasteiger partial charge in [0.2, 0.25) is 10.0 Å². The van der Waals surface area contributed by atoms with Crippen LogP contribution < -0.4 is 10.1 Å². The van der Waals surface area contributed by atoms with Crippen LogP contribution in [0.1, 0.15) is 27.5 Å². The number of aromatic nitrogens is 1. The molecule has 0 bridgehead atoms. The first-order valence-electron chi connectivity index (χ1n) is 10.5. The van der Waals surface area contributed by atoms with Gasteiger partial charge in [-0.25, -0.2) is 8.42 Å². The zero-order valence-corrected chi connectivity index (χ0v) is 19.0. The number of sulfonamides is 1. The molecule has 1 N–H and O–H groups in total. The molecule has 9 heteroatoms. The van der Waals surface area contributed by atoms with E-state index >= 15 is 0 Å². The number of hydrogen-bond acceptors (Lipinski definition) is 6. The van der Waals surface area contributed by atoms with Gasteiger partial charge in [0.25, 0.3) is 5.91 Å². The van der Waals surface area contributed by atoms with Gasteiger partial charge in [-0.1, -0.05) is 30.3 Å². The Kier molecular flexibility index (Phi) is 7.02. The van der Waals surface area contributed by atoms with Crippen LogP contribution in [0.3, 0.4) is 0 Å². The van der Waals surface area contributed by atoms with Gasteiger partial charge in [0.15, 0.2) is 0 Å². The summed E-state index contributed by atoms with van der Waals surface area (Å²) in [6, 6.07) is 17.1. The van der Waals surface area contributed by atoms with Crippen LogP contribution in [0, 0.1) is 0 Å². The molecule has 1 saturated heterocycles. The first-order valence-corrected chi connectivity index (χ1v) is 12.0. The number of benzene rings is 2. The van der Waals surface area contributed by atoms with Gasteiger partial charge in [-0.2, -0.15) is 4.31 Å². The Bertz CT molecular complexity index is 1160. The number of pyridine rings is 1. The fourth-order valence-corrected chi connectivity index (χ4v) is 5.17.